The smallest absolute Gasteiger partial charge is 0.282 e. The molecular weight excluding hydrogens is 349 g/mol. The summed E-state index contributed by atoms with van der Waals surface area (Å²) in [4.78, 5) is 11.6. The van der Waals surface area contributed by atoms with Crippen LogP contribution in [0.1, 0.15) is 16.8 Å². The van der Waals surface area contributed by atoms with Gasteiger partial charge in [-0.3, -0.25) is 4.79 Å². The fourth-order valence-electron chi connectivity index (χ4n) is 1.61. The lowest BCUT2D eigenvalue weighted by Crippen LogP contribution is -2.54. The maximum Gasteiger partial charge on any atom is 0.346 e. The average Bonchev–Trinajstić information content (AvgIpc) is 2.54. The van der Waals surface area contributed by atoms with E-state index in [-0.39, 0.29) is 5.56 Å². The standard InChI is InChI=1S/C14H13F7OS/c15-8-11(17)14(20,21)13(18,19)10(16)6-7-23-12(22)9-4-2-1-3-5-9/h1-5,10-11H,6-8H2. The first kappa shape index (κ1) is 19.8. The summed E-state index contributed by atoms with van der Waals surface area (Å²) in [5.74, 6) is -11.3. The first-order valence-corrected chi connectivity index (χ1v) is 7.45. The minimum Gasteiger partial charge on any atom is -0.282 e. The summed E-state index contributed by atoms with van der Waals surface area (Å²) in [6.07, 6.45) is -8.31. The first-order chi connectivity index (χ1) is 10.6. The van der Waals surface area contributed by atoms with Crippen LogP contribution in [0.25, 0.3) is 0 Å². The first-order valence-electron chi connectivity index (χ1n) is 6.46. The van der Waals surface area contributed by atoms with E-state index in [4.69, 9.17) is 0 Å². The molecule has 0 heterocycles. The van der Waals surface area contributed by atoms with Gasteiger partial charge in [-0.1, -0.05) is 42.1 Å². The molecule has 2 atom stereocenters. The summed E-state index contributed by atoms with van der Waals surface area (Å²) in [7, 11) is 0. The number of carbonyl (C=O) groups excluding carboxylic acids is 1. The summed E-state index contributed by atoms with van der Waals surface area (Å²) in [6.45, 7) is -2.35. The molecule has 9 heteroatoms. The number of benzene rings is 1. The Morgan fingerprint density at radius 3 is 2.04 bits per heavy atom. The van der Waals surface area contributed by atoms with Crippen molar-refractivity contribution in [3.05, 3.63) is 35.9 Å². The van der Waals surface area contributed by atoms with Crippen molar-refractivity contribution in [1.82, 2.24) is 0 Å². The molecule has 1 aromatic carbocycles. The Labute approximate surface area is 132 Å². The second-order valence-electron chi connectivity index (χ2n) is 4.63. The largest absolute Gasteiger partial charge is 0.346 e. The Kier molecular flexibility index (Phi) is 6.91. The third-order valence-corrected chi connectivity index (χ3v) is 3.92. The molecule has 0 radical (unpaired) electrons. The van der Waals surface area contributed by atoms with E-state index in [1.165, 1.54) is 12.1 Å². The summed E-state index contributed by atoms with van der Waals surface area (Å²) in [6, 6.07) is 7.64. The van der Waals surface area contributed by atoms with Crippen molar-refractivity contribution in [2.24, 2.45) is 0 Å². The number of hydrogen-bond acceptors (Lipinski definition) is 2. The Morgan fingerprint density at radius 1 is 1.00 bits per heavy atom. The number of rotatable bonds is 8. The molecule has 0 aromatic heterocycles. The molecule has 2 unspecified atom stereocenters. The minimum atomic E-state index is -5.46. The zero-order valence-electron chi connectivity index (χ0n) is 11.6. The second kappa shape index (κ2) is 8.03. The Hall–Kier alpha value is -1.25. The normalized spacial score (nSPS) is 15.3. The summed E-state index contributed by atoms with van der Waals surface area (Å²) < 4.78 is 90.4. The Morgan fingerprint density at radius 2 is 1.52 bits per heavy atom. The van der Waals surface area contributed by atoms with Gasteiger partial charge in [0.05, 0.1) is 0 Å². The second-order valence-corrected chi connectivity index (χ2v) is 5.69. The highest BCUT2D eigenvalue weighted by molar-refractivity contribution is 8.14. The van der Waals surface area contributed by atoms with Gasteiger partial charge in [0.15, 0.2) is 12.3 Å². The third kappa shape index (κ3) is 4.62. The van der Waals surface area contributed by atoms with Gasteiger partial charge >= 0.3 is 11.8 Å². The highest BCUT2D eigenvalue weighted by Crippen LogP contribution is 2.43. The van der Waals surface area contributed by atoms with E-state index in [9.17, 15) is 35.5 Å². The molecule has 0 saturated heterocycles. The molecule has 0 aliphatic rings. The molecule has 0 aliphatic carbocycles. The molecule has 0 spiro atoms. The van der Waals surface area contributed by atoms with Gasteiger partial charge < -0.3 is 0 Å². The number of thioether (sulfide) groups is 1. The van der Waals surface area contributed by atoms with Crippen LogP contribution in [0, 0.1) is 0 Å². The van der Waals surface area contributed by atoms with Crippen molar-refractivity contribution < 1.29 is 35.5 Å². The lowest BCUT2D eigenvalue weighted by Gasteiger charge is -2.30. The van der Waals surface area contributed by atoms with Crippen molar-refractivity contribution in [1.29, 1.82) is 0 Å². The molecule has 23 heavy (non-hydrogen) atoms. The number of hydrogen-bond donors (Lipinski definition) is 0. The number of carbonyl (C=O) groups is 1. The van der Waals surface area contributed by atoms with Crippen molar-refractivity contribution in [3.63, 3.8) is 0 Å². The molecule has 0 amide bonds. The summed E-state index contributed by atoms with van der Waals surface area (Å²) in [5.41, 5.74) is 0.242. The lowest BCUT2D eigenvalue weighted by molar-refractivity contribution is -0.265. The van der Waals surface area contributed by atoms with Crippen LogP contribution < -0.4 is 0 Å². The van der Waals surface area contributed by atoms with E-state index >= 15 is 0 Å². The van der Waals surface area contributed by atoms with Crippen LogP contribution in [0.2, 0.25) is 0 Å². The van der Waals surface area contributed by atoms with E-state index in [1.807, 2.05) is 0 Å². The molecule has 0 aliphatic heterocycles. The maximum absolute atomic E-state index is 13.4. The maximum atomic E-state index is 13.4. The summed E-state index contributed by atoms with van der Waals surface area (Å²) >= 11 is 0.474. The van der Waals surface area contributed by atoms with Gasteiger partial charge in [-0.2, -0.15) is 17.6 Å². The zero-order valence-corrected chi connectivity index (χ0v) is 12.4. The Balaban J connectivity index is 2.59. The molecular formula is C14H13F7OS. The predicted octanol–water partition coefficient (Wildman–Crippen LogP) is 4.87. The van der Waals surface area contributed by atoms with Crippen molar-refractivity contribution in [2.45, 2.75) is 30.6 Å². The van der Waals surface area contributed by atoms with E-state index < -0.39 is 48.2 Å². The van der Waals surface area contributed by atoms with Gasteiger partial charge in [-0.25, -0.2) is 13.2 Å². The third-order valence-electron chi connectivity index (χ3n) is 2.98. The van der Waals surface area contributed by atoms with Gasteiger partial charge in [0, 0.05) is 11.3 Å². The minimum absolute atomic E-state index is 0.242. The van der Waals surface area contributed by atoms with Crippen LogP contribution in [0.4, 0.5) is 30.7 Å². The quantitative estimate of drug-likeness (QED) is 0.614. The van der Waals surface area contributed by atoms with Gasteiger partial charge in [0.25, 0.3) is 0 Å². The van der Waals surface area contributed by atoms with E-state index in [0.717, 1.165) is 0 Å². The topological polar surface area (TPSA) is 17.1 Å². The number of halogens is 7. The van der Waals surface area contributed by atoms with E-state index in [0.29, 0.717) is 11.8 Å². The van der Waals surface area contributed by atoms with E-state index in [1.54, 1.807) is 18.2 Å². The SMILES string of the molecule is O=C(SCCC(F)C(F)(F)C(F)(F)C(F)CF)c1ccccc1. The molecule has 0 fully saturated rings. The van der Waals surface area contributed by atoms with Gasteiger partial charge in [0.1, 0.15) is 6.67 Å². The molecule has 130 valence electrons. The summed E-state index contributed by atoms with van der Waals surface area (Å²) in [5, 5.41) is -0.542. The van der Waals surface area contributed by atoms with Crippen LogP contribution >= 0.6 is 11.8 Å². The molecule has 0 saturated carbocycles. The van der Waals surface area contributed by atoms with Crippen LogP contribution in [0.3, 0.4) is 0 Å². The van der Waals surface area contributed by atoms with Crippen molar-refractivity contribution in [3.8, 4) is 0 Å². The zero-order chi connectivity index (χ0) is 17.7. The highest BCUT2D eigenvalue weighted by Gasteiger charge is 2.66. The molecule has 0 N–H and O–H groups in total. The van der Waals surface area contributed by atoms with Gasteiger partial charge in [-0.05, 0) is 6.42 Å². The molecule has 0 bridgehead atoms. The predicted molar refractivity (Wildman–Crippen MR) is 73.5 cm³/mol. The lowest BCUT2D eigenvalue weighted by atomic mass is 10.0. The average molecular weight is 362 g/mol. The molecule has 1 rings (SSSR count). The highest BCUT2D eigenvalue weighted by atomic mass is 32.2. The van der Waals surface area contributed by atoms with Crippen molar-refractivity contribution in [2.75, 3.05) is 12.4 Å². The van der Waals surface area contributed by atoms with Crippen LogP contribution in [-0.2, 0) is 0 Å². The van der Waals surface area contributed by atoms with Crippen LogP contribution in [0.15, 0.2) is 30.3 Å². The van der Waals surface area contributed by atoms with Gasteiger partial charge in [0.2, 0.25) is 5.12 Å². The van der Waals surface area contributed by atoms with Crippen molar-refractivity contribution >= 4 is 16.9 Å². The van der Waals surface area contributed by atoms with Crippen LogP contribution in [-0.4, -0.2) is 41.7 Å². The molecule has 1 aromatic rings. The fourth-order valence-corrected chi connectivity index (χ4v) is 2.42. The molecule has 1 nitrogen and oxygen atoms in total. The van der Waals surface area contributed by atoms with Gasteiger partial charge in [-0.15, -0.1) is 0 Å². The number of alkyl halides is 7. The Bertz CT molecular complexity index is 509. The van der Waals surface area contributed by atoms with Crippen LogP contribution in [0.5, 0.6) is 0 Å². The monoisotopic (exact) mass is 362 g/mol. The van der Waals surface area contributed by atoms with E-state index in [2.05, 4.69) is 0 Å². The fraction of sp³-hybridized carbons (Fsp3) is 0.500.